The van der Waals surface area contributed by atoms with E-state index >= 15 is 0 Å². The zero-order valence-electron chi connectivity index (χ0n) is 11.0. The van der Waals surface area contributed by atoms with E-state index in [2.05, 4.69) is 50.1 Å². The molecule has 16 heavy (non-hydrogen) atoms. The third kappa shape index (κ3) is 4.24. The molecule has 0 bridgehead atoms. The monoisotopic (exact) mass is 246 g/mol. The van der Waals surface area contributed by atoms with Crippen molar-refractivity contribution >= 4 is 12.6 Å². The zero-order valence-corrected chi connectivity index (χ0v) is 11.9. The molecule has 0 radical (unpaired) electrons. The maximum Gasteiger partial charge on any atom is 0.0715 e. The van der Waals surface area contributed by atoms with Gasteiger partial charge in [-0.3, -0.25) is 9.80 Å². The first-order chi connectivity index (χ1) is 7.30. The van der Waals surface area contributed by atoms with Crippen LogP contribution in [-0.2, 0) is 0 Å². The molecule has 0 amide bonds. The summed E-state index contributed by atoms with van der Waals surface area (Å²) in [5.74, 6) is 0. The van der Waals surface area contributed by atoms with Crippen molar-refractivity contribution in [3.63, 3.8) is 0 Å². The summed E-state index contributed by atoms with van der Waals surface area (Å²) < 4.78 is 0. The number of hydrogen-bond donors (Lipinski definition) is 2. The number of thiol groups is 1. The molecule has 0 spiro atoms. The standard InChI is InChI=1S/C12H26N2OS/c1-10(16)14-7-5-13(6-8-14)9-11(15)12(2,3)4/h10-11,15-16H,5-9H2,1-4H3. The molecule has 0 saturated carbocycles. The van der Waals surface area contributed by atoms with Gasteiger partial charge in [0, 0.05) is 38.1 Å². The molecule has 0 aromatic heterocycles. The van der Waals surface area contributed by atoms with E-state index in [1.807, 2.05) is 0 Å². The van der Waals surface area contributed by atoms with Crippen LogP contribution >= 0.6 is 12.6 Å². The molecular formula is C12H26N2OS. The zero-order chi connectivity index (χ0) is 12.3. The van der Waals surface area contributed by atoms with Crippen molar-refractivity contribution in [3.8, 4) is 0 Å². The largest absolute Gasteiger partial charge is 0.391 e. The first kappa shape index (κ1) is 14.3. The predicted molar refractivity (Wildman–Crippen MR) is 71.9 cm³/mol. The quantitative estimate of drug-likeness (QED) is 0.735. The Hall–Kier alpha value is 0.230. The van der Waals surface area contributed by atoms with E-state index in [1.165, 1.54) is 0 Å². The van der Waals surface area contributed by atoms with Crippen LogP contribution in [0.4, 0.5) is 0 Å². The van der Waals surface area contributed by atoms with Gasteiger partial charge in [0.15, 0.2) is 0 Å². The third-order valence-electron chi connectivity index (χ3n) is 3.37. The summed E-state index contributed by atoms with van der Waals surface area (Å²) in [7, 11) is 0. The van der Waals surface area contributed by atoms with E-state index in [1.54, 1.807) is 0 Å². The fourth-order valence-corrected chi connectivity index (χ4v) is 2.07. The van der Waals surface area contributed by atoms with Crippen LogP contribution in [0.3, 0.4) is 0 Å². The van der Waals surface area contributed by atoms with Gasteiger partial charge < -0.3 is 5.11 Å². The highest BCUT2D eigenvalue weighted by molar-refractivity contribution is 7.80. The number of rotatable bonds is 3. The molecule has 1 rings (SSSR count). The Morgan fingerprint density at radius 2 is 1.69 bits per heavy atom. The van der Waals surface area contributed by atoms with Crippen LogP contribution in [0.1, 0.15) is 27.7 Å². The Balaban J connectivity index is 2.32. The van der Waals surface area contributed by atoms with Crippen LogP contribution in [0, 0.1) is 5.41 Å². The summed E-state index contributed by atoms with van der Waals surface area (Å²) in [5, 5.41) is 10.4. The lowest BCUT2D eigenvalue weighted by atomic mass is 9.89. The average molecular weight is 246 g/mol. The predicted octanol–water partition coefficient (Wildman–Crippen LogP) is 1.29. The smallest absolute Gasteiger partial charge is 0.0715 e. The van der Waals surface area contributed by atoms with Gasteiger partial charge in [-0.2, -0.15) is 12.6 Å². The second-order valence-electron chi connectivity index (χ2n) is 5.85. The van der Waals surface area contributed by atoms with E-state index in [9.17, 15) is 5.11 Å². The van der Waals surface area contributed by atoms with Gasteiger partial charge in [-0.15, -0.1) is 0 Å². The second-order valence-corrected chi connectivity index (χ2v) is 6.60. The molecule has 96 valence electrons. The van der Waals surface area contributed by atoms with Crippen molar-refractivity contribution < 1.29 is 5.11 Å². The summed E-state index contributed by atoms with van der Waals surface area (Å²) in [6, 6.07) is 0. The Bertz CT molecular complexity index is 208. The lowest BCUT2D eigenvalue weighted by Crippen LogP contribution is -2.51. The molecule has 1 aliphatic heterocycles. The Morgan fingerprint density at radius 1 is 1.19 bits per heavy atom. The average Bonchev–Trinajstić information content (AvgIpc) is 2.17. The number of hydrogen-bond acceptors (Lipinski definition) is 4. The van der Waals surface area contributed by atoms with E-state index < -0.39 is 0 Å². The molecule has 0 aromatic rings. The number of aliphatic hydroxyl groups is 1. The summed E-state index contributed by atoms with van der Waals surface area (Å²) in [6.45, 7) is 13.4. The van der Waals surface area contributed by atoms with Crippen LogP contribution in [-0.4, -0.2) is 59.1 Å². The van der Waals surface area contributed by atoms with Gasteiger partial charge in [0.1, 0.15) is 0 Å². The van der Waals surface area contributed by atoms with Gasteiger partial charge >= 0.3 is 0 Å². The van der Waals surface area contributed by atoms with E-state index in [0.29, 0.717) is 5.37 Å². The summed E-state index contributed by atoms with van der Waals surface area (Å²) in [5.41, 5.74) is -0.0199. The first-order valence-electron chi connectivity index (χ1n) is 6.13. The minimum Gasteiger partial charge on any atom is -0.391 e. The molecule has 1 N–H and O–H groups in total. The molecule has 1 saturated heterocycles. The van der Waals surface area contributed by atoms with E-state index in [-0.39, 0.29) is 11.5 Å². The van der Waals surface area contributed by atoms with Gasteiger partial charge in [-0.05, 0) is 12.3 Å². The summed E-state index contributed by atoms with van der Waals surface area (Å²) in [6.07, 6.45) is -0.243. The van der Waals surface area contributed by atoms with Crippen molar-refractivity contribution in [2.24, 2.45) is 5.41 Å². The highest BCUT2D eigenvalue weighted by Gasteiger charge is 2.26. The van der Waals surface area contributed by atoms with Gasteiger partial charge in [-0.25, -0.2) is 0 Å². The normalized spacial score (nSPS) is 24.4. The van der Waals surface area contributed by atoms with Crippen LogP contribution in [0.15, 0.2) is 0 Å². The van der Waals surface area contributed by atoms with Crippen molar-refractivity contribution in [1.29, 1.82) is 0 Å². The molecule has 0 aromatic carbocycles. The van der Waals surface area contributed by atoms with E-state index in [0.717, 1.165) is 32.7 Å². The Kier molecular flexibility index (Phi) is 5.10. The lowest BCUT2D eigenvalue weighted by Gasteiger charge is -2.39. The van der Waals surface area contributed by atoms with Gasteiger partial charge in [0.2, 0.25) is 0 Å². The minimum absolute atomic E-state index is 0.0199. The maximum atomic E-state index is 10.0. The SMILES string of the molecule is CC(S)N1CCN(CC(O)C(C)(C)C)CC1. The molecule has 2 unspecified atom stereocenters. The van der Waals surface area contributed by atoms with Crippen LogP contribution in [0.2, 0.25) is 0 Å². The van der Waals surface area contributed by atoms with E-state index in [4.69, 9.17) is 0 Å². The van der Waals surface area contributed by atoms with Gasteiger partial charge in [0.25, 0.3) is 0 Å². The highest BCUT2D eigenvalue weighted by atomic mass is 32.1. The molecule has 1 aliphatic rings. The van der Waals surface area contributed by atoms with Gasteiger partial charge in [0.05, 0.1) is 6.10 Å². The second kappa shape index (κ2) is 5.71. The fourth-order valence-electron chi connectivity index (χ4n) is 1.84. The number of β-amino-alcohol motifs (C(OH)–C–C–N with tert-alkyl or cyclic N) is 1. The first-order valence-corrected chi connectivity index (χ1v) is 6.65. The molecule has 1 heterocycles. The molecule has 3 nitrogen and oxygen atoms in total. The number of nitrogens with zero attached hydrogens (tertiary/aromatic N) is 2. The molecule has 2 atom stereocenters. The Labute approximate surface area is 105 Å². The molecular weight excluding hydrogens is 220 g/mol. The third-order valence-corrected chi connectivity index (χ3v) is 3.69. The van der Waals surface area contributed by atoms with Crippen molar-refractivity contribution in [2.45, 2.75) is 39.2 Å². The van der Waals surface area contributed by atoms with Gasteiger partial charge in [-0.1, -0.05) is 20.8 Å². The summed E-state index contributed by atoms with van der Waals surface area (Å²) in [4.78, 5) is 4.71. The van der Waals surface area contributed by atoms with Crippen LogP contribution in [0.5, 0.6) is 0 Å². The fraction of sp³-hybridized carbons (Fsp3) is 1.00. The Morgan fingerprint density at radius 3 is 2.06 bits per heavy atom. The van der Waals surface area contributed by atoms with Crippen LogP contribution in [0.25, 0.3) is 0 Å². The number of piperazine rings is 1. The maximum absolute atomic E-state index is 10.0. The van der Waals surface area contributed by atoms with Crippen molar-refractivity contribution in [1.82, 2.24) is 9.80 Å². The highest BCUT2D eigenvalue weighted by Crippen LogP contribution is 2.20. The summed E-state index contributed by atoms with van der Waals surface area (Å²) >= 11 is 4.44. The van der Waals surface area contributed by atoms with Crippen LogP contribution < -0.4 is 0 Å². The molecule has 4 heteroatoms. The molecule has 1 fully saturated rings. The lowest BCUT2D eigenvalue weighted by molar-refractivity contribution is 0.0129. The molecule has 0 aliphatic carbocycles. The van der Waals surface area contributed by atoms with Crippen molar-refractivity contribution in [3.05, 3.63) is 0 Å². The number of aliphatic hydroxyl groups excluding tert-OH is 1. The topological polar surface area (TPSA) is 26.7 Å². The van der Waals surface area contributed by atoms with Crippen molar-refractivity contribution in [2.75, 3.05) is 32.7 Å². The minimum atomic E-state index is -0.243.